The number of carbonyl (C=O) groups excluding carboxylic acids is 2. The van der Waals surface area contributed by atoms with Gasteiger partial charge in [0.1, 0.15) is 10.9 Å². The topological polar surface area (TPSA) is 107 Å². The third-order valence-corrected chi connectivity index (χ3v) is 6.10. The summed E-state index contributed by atoms with van der Waals surface area (Å²) in [6, 6.07) is 5.07. The summed E-state index contributed by atoms with van der Waals surface area (Å²) in [5, 5.41) is 3.27. The third kappa shape index (κ3) is 3.31. The first kappa shape index (κ1) is 19.8. The number of anilines is 1. The summed E-state index contributed by atoms with van der Waals surface area (Å²) in [7, 11) is 0. The Kier molecular flexibility index (Phi) is 5.33. The van der Waals surface area contributed by atoms with Crippen LogP contribution < -0.4 is 16.6 Å². The predicted octanol–water partition coefficient (Wildman–Crippen LogP) is 2.94. The second-order valence-corrected chi connectivity index (χ2v) is 7.68. The predicted molar refractivity (Wildman–Crippen MR) is 111 cm³/mol. The number of thiophene rings is 1. The fourth-order valence-corrected chi connectivity index (χ4v) is 4.20. The van der Waals surface area contributed by atoms with Crippen molar-refractivity contribution in [2.45, 2.75) is 40.2 Å². The van der Waals surface area contributed by atoms with Crippen LogP contribution in [-0.4, -0.2) is 21.4 Å². The second-order valence-electron chi connectivity index (χ2n) is 6.69. The lowest BCUT2D eigenvalue weighted by Crippen LogP contribution is -2.32. The molecule has 0 spiro atoms. The number of nitrogens with one attached hydrogen (secondary N) is 1. The van der Waals surface area contributed by atoms with Gasteiger partial charge in [0.05, 0.1) is 16.6 Å². The van der Waals surface area contributed by atoms with Crippen LogP contribution in [-0.2, 0) is 11.2 Å². The summed E-state index contributed by atoms with van der Waals surface area (Å²) < 4.78 is 1.28. The zero-order valence-corrected chi connectivity index (χ0v) is 17.0. The fourth-order valence-electron chi connectivity index (χ4n) is 3.20. The van der Waals surface area contributed by atoms with Crippen LogP contribution >= 0.6 is 11.3 Å². The SMILES string of the molecule is CCc1cccc(C)c1NC(=O)C(C)n1cnc2sc(C(N)=O)c(C)c2c1=O. The molecule has 8 heteroatoms. The van der Waals surface area contributed by atoms with E-state index in [0.717, 1.165) is 34.6 Å². The molecular weight excluding hydrogens is 376 g/mol. The van der Waals surface area contributed by atoms with Crippen molar-refractivity contribution in [3.63, 3.8) is 0 Å². The van der Waals surface area contributed by atoms with Crippen molar-refractivity contribution in [3.05, 3.63) is 56.4 Å². The number of nitrogens with two attached hydrogens (primary N) is 1. The van der Waals surface area contributed by atoms with Gasteiger partial charge in [0.15, 0.2) is 0 Å². The van der Waals surface area contributed by atoms with Gasteiger partial charge in [-0.05, 0) is 43.9 Å². The molecule has 0 bridgehead atoms. The molecule has 0 radical (unpaired) electrons. The molecule has 0 saturated carbocycles. The minimum absolute atomic E-state index is 0.307. The summed E-state index contributed by atoms with van der Waals surface area (Å²) >= 11 is 1.08. The van der Waals surface area contributed by atoms with Crippen molar-refractivity contribution < 1.29 is 9.59 Å². The molecule has 1 atom stereocenters. The quantitative estimate of drug-likeness (QED) is 0.689. The molecule has 0 aliphatic heterocycles. The van der Waals surface area contributed by atoms with Gasteiger partial charge in [-0.3, -0.25) is 19.0 Å². The van der Waals surface area contributed by atoms with Crippen LogP contribution in [0, 0.1) is 13.8 Å². The Balaban J connectivity index is 2.00. The number of fused-ring (bicyclic) bond motifs is 1. The summed E-state index contributed by atoms with van der Waals surface area (Å²) in [4.78, 5) is 42.4. The highest BCUT2D eigenvalue weighted by Gasteiger charge is 2.22. The van der Waals surface area contributed by atoms with Gasteiger partial charge in [0, 0.05) is 5.69 Å². The highest BCUT2D eigenvalue weighted by atomic mass is 32.1. The molecule has 0 aliphatic rings. The number of hydrogen-bond donors (Lipinski definition) is 2. The van der Waals surface area contributed by atoms with Gasteiger partial charge >= 0.3 is 0 Å². The average molecular weight is 398 g/mol. The molecule has 0 fully saturated rings. The highest BCUT2D eigenvalue weighted by Crippen LogP contribution is 2.27. The molecule has 0 aliphatic carbocycles. The first-order chi connectivity index (χ1) is 13.3. The Morgan fingerprint density at radius 1 is 1.32 bits per heavy atom. The van der Waals surface area contributed by atoms with Gasteiger partial charge in [-0.15, -0.1) is 11.3 Å². The molecule has 3 N–H and O–H groups in total. The molecule has 7 nitrogen and oxygen atoms in total. The van der Waals surface area contributed by atoms with E-state index in [1.165, 1.54) is 10.9 Å². The zero-order valence-electron chi connectivity index (χ0n) is 16.2. The molecule has 1 unspecified atom stereocenters. The van der Waals surface area contributed by atoms with E-state index in [1.54, 1.807) is 13.8 Å². The summed E-state index contributed by atoms with van der Waals surface area (Å²) in [5.41, 5.74) is 8.26. The maximum atomic E-state index is 13.0. The van der Waals surface area contributed by atoms with Crippen LogP contribution in [0.4, 0.5) is 5.69 Å². The Morgan fingerprint density at radius 2 is 2.04 bits per heavy atom. The normalized spacial score (nSPS) is 12.1. The molecular formula is C20H22N4O3S. The van der Waals surface area contributed by atoms with E-state index >= 15 is 0 Å². The number of benzene rings is 1. The van der Waals surface area contributed by atoms with Gasteiger partial charge in [-0.2, -0.15) is 0 Å². The second kappa shape index (κ2) is 7.55. The first-order valence-electron chi connectivity index (χ1n) is 8.95. The molecule has 28 heavy (non-hydrogen) atoms. The van der Waals surface area contributed by atoms with Gasteiger partial charge in [0.25, 0.3) is 11.5 Å². The van der Waals surface area contributed by atoms with Crippen molar-refractivity contribution in [1.29, 1.82) is 0 Å². The standard InChI is InChI=1S/C20H22N4O3S/c1-5-13-8-6-7-10(2)15(13)23-18(26)12(4)24-9-22-19-14(20(24)27)11(3)16(28-19)17(21)25/h6-9,12H,5H2,1-4H3,(H2,21,25)(H,23,26). The van der Waals surface area contributed by atoms with E-state index in [9.17, 15) is 14.4 Å². The monoisotopic (exact) mass is 398 g/mol. The third-order valence-electron chi connectivity index (χ3n) is 4.88. The number of carbonyl (C=O) groups is 2. The smallest absolute Gasteiger partial charge is 0.263 e. The Labute approximate surface area is 166 Å². The number of aryl methyl sites for hydroxylation is 3. The Bertz CT molecular complexity index is 1150. The highest BCUT2D eigenvalue weighted by molar-refractivity contribution is 7.20. The summed E-state index contributed by atoms with van der Waals surface area (Å²) in [5.74, 6) is -0.904. The number of primary amides is 1. The van der Waals surface area contributed by atoms with E-state index in [2.05, 4.69) is 10.3 Å². The molecule has 146 valence electrons. The number of hydrogen-bond acceptors (Lipinski definition) is 5. The molecule has 2 amide bonds. The van der Waals surface area contributed by atoms with Gasteiger partial charge in [-0.1, -0.05) is 25.1 Å². The van der Waals surface area contributed by atoms with E-state index in [1.807, 2.05) is 32.0 Å². The van der Waals surface area contributed by atoms with E-state index in [0.29, 0.717) is 20.7 Å². The lowest BCUT2D eigenvalue weighted by Gasteiger charge is -2.18. The Hall–Kier alpha value is -3.00. The van der Waals surface area contributed by atoms with Crippen molar-refractivity contribution >= 4 is 39.1 Å². The molecule has 1 aromatic carbocycles. The van der Waals surface area contributed by atoms with Crippen LogP contribution in [0.15, 0.2) is 29.3 Å². The number of aromatic nitrogens is 2. The number of para-hydroxylation sites is 1. The zero-order chi connectivity index (χ0) is 20.6. The van der Waals surface area contributed by atoms with E-state index in [4.69, 9.17) is 5.73 Å². The molecule has 2 aromatic heterocycles. The lowest BCUT2D eigenvalue weighted by atomic mass is 10.1. The molecule has 3 rings (SSSR count). The molecule has 2 heterocycles. The van der Waals surface area contributed by atoms with Crippen LogP contribution in [0.25, 0.3) is 10.2 Å². The van der Waals surface area contributed by atoms with Crippen molar-refractivity contribution in [2.24, 2.45) is 5.73 Å². The van der Waals surface area contributed by atoms with Crippen molar-refractivity contribution in [2.75, 3.05) is 5.32 Å². The largest absolute Gasteiger partial charge is 0.365 e. The van der Waals surface area contributed by atoms with Crippen LogP contribution in [0.5, 0.6) is 0 Å². The average Bonchev–Trinajstić information content (AvgIpc) is 3.00. The molecule has 0 saturated heterocycles. The van der Waals surface area contributed by atoms with Crippen molar-refractivity contribution in [1.82, 2.24) is 9.55 Å². The van der Waals surface area contributed by atoms with E-state index < -0.39 is 11.9 Å². The minimum atomic E-state index is -0.773. The number of amides is 2. The number of rotatable bonds is 5. The summed E-state index contributed by atoms with van der Waals surface area (Å²) in [6.07, 6.45) is 2.12. The maximum absolute atomic E-state index is 13.0. The number of nitrogens with zero attached hydrogens (tertiary/aromatic N) is 2. The fraction of sp³-hybridized carbons (Fsp3) is 0.300. The van der Waals surface area contributed by atoms with Gasteiger partial charge in [-0.25, -0.2) is 4.98 Å². The van der Waals surface area contributed by atoms with Gasteiger partial charge in [0.2, 0.25) is 5.91 Å². The van der Waals surface area contributed by atoms with Crippen LogP contribution in [0.3, 0.4) is 0 Å². The van der Waals surface area contributed by atoms with Crippen molar-refractivity contribution in [3.8, 4) is 0 Å². The summed E-state index contributed by atoms with van der Waals surface area (Å²) in [6.45, 7) is 7.26. The minimum Gasteiger partial charge on any atom is -0.365 e. The lowest BCUT2D eigenvalue weighted by molar-refractivity contribution is -0.118. The Morgan fingerprint density at radius 3 is 2.68 bits per heavy atom. The maximum Gasteiger partial charge on any atom is 0.263 e. The first-order valence-corrected chi connectivity index (χ1v) is 9.77. The van der Waals surface area contributed by atoms with Crippen LogP contribution in [0.1, 0.15) is 46.3 Å². The van der Waals surface area contributed by atoms with Crippen LogP contribution in [0.2, 0.25) is 0 Å². The van der Waals surface area contributed by atoms with Gasteiger partial charge < -0.3 is 11.1 Å². The molecule has 3 aromatic rings. The van der Waals surface area contributed by atoms with E-state index in [-0.39, 0.29) is 11.5 Å².